The zero-order valence-corrected chi connectivity index (χ0v) is 23.3. The molecule has 2 rings (SSSR count). The molecule has 0 fully saturated rings. The lowest BCUT2D eigenvalue weighted by Gasteiger charge is -2.25. The van der Waals surface area contributed by atoms with E-state index in [1.807, 2.05) is 0 Å². The number of aliphatic carboxylic acids is 1. The third-order valence-electron chi connectivity index (χ3n) is 6.02. The highest BCUT2D eigenvalue weighted by Crippen LogP contribution is 2.11. The van der Waals surface area contributed by atoms with Crippen molar-refractivity contribution >= 4 is 42.3 Å². The van der Waals surface area contributed by atoms with E-state index in [1.54, 1.807) is 42.5 Å². The van der Waals surface area contributed by atoms with Gasteiger partial charge in [-0.05, 0) is 42.5 Å². The van der Waals surface area contributed by atoms with Gasteiger partial charge in [0, 0.05) is 18.7 Å². The summed E-state index contributed by atoms with van der Waals surface area (Å²) in [6.07, 6.45) is 0.569. The van der Waals surface area contributed by atoms with E-state index >= 15 is 0 Å². The van der Waals surface area contributed by atoms with E-state index in [2.05, 4.69) is 33.6 Å². The number of nitrogens with zero attached hydrogens (tertiary/aromatic N) is 1. The van der Waals surface area contributed by atoms with E-state index < -0.39 is 47.9 Å². The third kappa shape index (κ3) is 11.8. The molecule has 4 atom stereocenters. The lowest BCUT2D eigenvalue weighted by molar-refractivity contribution is -0.142. The van der Waals surface area contributed by atoms with Crippen LogP contribution in [0.5, 0.6) is 5.75 Å². The van der Waals surface area contributed by atoms with Crippen LogP contribution in [-0.4, -0.2) is 76.3 Å². The average Bonchev–Trinajstić information content (AvgIpc) is 2.94. The van der Waals surface area contributed by atoms with Crippen molar-refractivity contribution in [3.63, 3.8) is 0 Å². The summed E-state index contributed by atoms with van der Waals surface area (Å²) in [5.41, 5.74) is 18.0. The number of hydrogen-bond donors (Lipinski definition) is 9. The molecule has 0 saturated heterocycles. The number of carbonyl (C=O) groups is 4. The van der Waals surface area contributed by atoms with Crippen LogP contribution in [0.3, 0.4) is 0 Å². The minimum Gasteiger partial charge on any atom is -0.508 e. The summed E-state index contributed by atoms with van der Waals surface area (Å²) in [6.45, 7) is 0.185. The average molecular weight is 588 g/mol. The molecule has 0 spiro atoms. The SMILES string of the molecule is NC(N)=NCCCC(NC(=O)C(Cc1ccccc1)NC(=O)C(CS)NC(=O)C(N)Cc1ccc(O)cc1)C(=O)O. The first-order chi connectivity index (χ1) is 19.5. The van der Waals surface area contributed by atoms with E-state index in [0.29, 0.717) is 12.0 Å². The van der Waals surface area contributed by atoms with Crippen molar-refractivity contribution in [2.75, 3.05) is 12.3 Å². The summed E-state index contributed by atoms with van der Waals surface area (Å²) >= 11 is 4.18. The Morgan fingerprint density at radius 1 is 0.805 bits per heavy atom. The first-order valence-corrected chi connectivity index (χ1v) is 13.5. The van der Waals surface area contributed by atoms with Gasteiger partial charge in [0.2, 0.25) is 17.7 Å². The van der Waals surface area contributed by atoms with Crippen LogP contribution in [0.1, 0.15) is 24.0 Å². The first kappa shape index (κ1) is 32.9. The van der Waals surface area contributed by atoms with Gasteiger partial charge in [-0.15, -0.1) is 0 Å². The van der Waals surface area contributed by atoms with Gasteiger partial charge in [0.1, 0.15) is 23.9 Å². The number of nitrogens with two attached hydrogens (primary N) is 3. The molecule has 0 radical (unpaired) electrons. The fraction of sp³-hybridized carbons (Fsp3) is 0.370. The number of benzene rings is 2. The van der Waals surface area contributed by atoms with Gasteiger partial charge < -0.3 is 43.4 Å². The molecule has 13 nitrogen and oxygen atoms in total. The number of hydrogen-bond acceptors (Lipinski definition) is 8. The maximum atomic E-state index is 13.2. The molecule has 0 aliphatic rings. The Labute approximate surface area is 243 Å². The Kier molecular flexibility index (Phi) is 13.4. The highest BCUT2D eigenvalue weighted by Gasteiger charge is 2.30. The predicted octanol–water partition coefficient (Wildman–Crippen LogP) is -0.973. The van der Waals surface area contributed by atoms with Gasteiger partial charge in [0.15, 0.2) is 5.96 Å². The normalized spacial score (nSPS) is 13.6. The fourth-order valence-corrected chi connectivity index (χ4v) is 4.07. The van der Waals surface area contributed by atoms with Gasteiger partial charge in [0.05, 0.1) is 6.04 Å². The van der Waals surface area contributed by atoms with Crippen LogP contribution in [-0.2, 0) is 32.0 Å². The van der Waals surface area contributed by atoms with Crippen LogP contribution < -0.4 is 33.2 Å². The molecule has 41 heavy (non-hydrogen) atoms. The molecule has 4 unspecified atom stereocenters. The molecule has 0 aliphatic heterocycles. The monoisotopic (exact) mass is 587 g/mol. The highest BCUT2D eigenvalue weighted by atomic mass is 32.1. The smallest absolute Gasteiger partial charge is 0.326 e. The number of phenols is 1. The molecule has 0 bridgehead atoms. The molecule has 222 valence electrons. The summed E-state index contributed by atoms with van der Waals surface area (Å²) in [4.78, 5) is 54.7. The van der Waals surface area contributed by atoms with Gasteiger partial charge in [-0.25, -0.2) is 4.79 Å². The van der Waals surface area contributed by atoms with Crippen molar-refractivity contribution in [2.24, 2.45) is 22.2 Å². The Bertz CT molecular complexity index is 1190. The third-order valence-corrected chi connectivity index (χ3v) is 6.38. The standard InChI is InChI=1S/C27H37N7O6S/c28-19(13-17-8-10-18(35)11-9-17)23(36)34-22(15-41)25(38)33-21(14-16-5-2-1-3-6-16)24(37)32-20(26(39)40)7-4-12-31-27(29)30/h1-3,5-6,8-11,19-22,35,41H,4,7,12-15,28H2,(H,32,37)(H,33,38)(H,34,36)(H,39,40)(H4,29,30,31). The number of aliphatic imine (C=N–C) groups is 1. The molecule has 3 amide bonds. The summed E-state index contributed by atoms with van der Waals surface area (Å²) < 4.78 is 0. The zero-order valence-electron chi connectivity index (χ0n) is 22.4. The summed E-state index contributed by atoms with van der Waals surface area (Å²) in [5.74, 6) is -3.41. The number of aromatic hydroxyl groups is 1. The van der Waals surface area contributed by atoms with Crippen molar-refractivity contribution in [1.29, 1.82) is 0 Å². The second-order valence-electron chi connectivity index (χ2n) is 9.32. The molecule has 2 aromatic rings. The summed E-state index contributed by atoms with van der Waals surface area (Å²) in [5, 5.41) is 26.7. The highest BCUT2D eigenvalue weighted by molar-refractivity contribution is 7.80. The van der Waals surface area contributed by atoms with Gasteiger partial charge >= 0.3 is 5.97 Å². The molecule has 0 aliphatic carbocycles. The lowest BCUT2D eigenvalue weighted by Crippen LogP contribution is -2.58. The number of carboxylic acids is 1. The van der Waals surface area contributed by atoms with Crippen molar-refractivity contribution in [1.82, 2.24) is 16.0 Å². The van der Waals surface area contributed by atoms with Crippen LogP contribution >= 0.6 is 12.6 Å². The molecular formula is C27H37N7O6S. The Hall–Kier alpha value is -4.30. The zero-order chi connectivity index (χ0) is 30.4. The Balaban J connectivity index is 2.10. The van der Waals surface area contributed by atoms with Crippen LogP contribution in [0.2, 0.25) is 0 Å². The minimum atomic E-state index is -1.25. The van der Waals surface area contributed by atoms with Crippen LogP contribution in [0, 0.1) is 0 Å². The quantitative estimate of drug-likeness (QED) is 0.0507. The summed E-state index contributed by atoms with van der Waals surface area (Å²) in [6, 6.07) is 10.5. The summed E-state index contributed by atoms with van der Waals surface area (Å²) in [7, 11) is 0. The van der Waals surface area contributed by atoms with E-state index in [4.69, 9.17) is 17.2 Å². The predicted molar refractivity (Wildman–Crippen MR) is 157 cm³/mol. The van der Waals surface area contributed by atoms with Crippen LogP contribution in [0.25, 0.3) is 0 Å². The van der Waals surface area contributed by atoms with E-state index in [-0.39, 0.29) is 43.3 Å². The Morgan fingerprint density at radius 3 is 1.95 bits per heavy atom. The second kappa shape index (κ2) is 16.7. The van der Waals surface area contributed by atoms with Crippen molar-refractivity contribution < 1.29 is 29.4 Å². The van der Waals surface area contributed by atoms with E-state index in [1.165, 1.54) is 12.1 Å². The number of phenolic OH excluding ortho intramolecular Hbond substituents is 1. The maximum Gasteiger partial charge on any atom is 0.326 e. The minimum absolute atomic E-state index is 0.0537. The lowest BCUT2D eigenvalue weighted by atomic mass is 10.0. The molecule has 0 aromatic heterocycles. The van der Waals surface area contributed by atoms with Crippen LogP contribution in [0.4, 0.5) is 0 Å². The fourth-order valence-electron chi connectivity index (χ4n) is 3.82. The molecular weight excluding hydrogens is 550 g/mol. The number of amides is 3. The number of rotatable bonds is 16. The second-order valence-corrected chi connectivity index (χ2v) is 9.69. The maximum absolute atomic E-state index is 13.2. The van der Waals surface area contributed by atoms with E-state index in [9.17, 15) is 29.4 Å². The largest absolute Gasteiger partial charge is 0.508 e. The van der Waals surface area contributed by atoms with Gasteiger partial charge in [-0.2, -0.15) is 12.6 Å². The van der Waals surface area contributed by atoms with Gasteiger partial charge in [0.25, 0.3) is 0 Å². The topological polar surface area (TPSA) is 235 Å². The number of guanidine groups is 1. The number of carbonyl (C=O) groups excluding carboxylic acids is 3. The molecule has 0 saturated carbocycles. The number of nitrogens with one attached hydrogen (secondary N) is 3. The molecule has 11 N–H and O–H groups in total. The van der Waals surface area contributed by atoms with Crippen molar-refractivity contribution in [3.05, 3.63) is 65.7 Å². The van der Waals surface area contributed by atoms with Crippen molar-refractivity contribution in [3.8, 4) is 5.75 Å². The number of carboxylic acid groups (broad SMARTS) is 1. The Morgan fingerprint density at radius 2 is 1.37 bits per heavy atom. The molecule has 0 heterocycles. The van der Waals surface area contributed by atoms with Crippen LogP contribution in [0.15, 0.2) is 59.6 Å². The molecule has 14 heteroatoms. The number of thiol groups is 1. The van der Waals surface area contributed by atoms with Gasteiger partial charge in [-0.3, -0.25) is 19.4 Å². The van der Waals surface area contributed by atoms with Crippen molar-refractivity contribution in [2.45, 2.75) is 49.9 Å². The first-order valence-electron chi connectivity index (χ1n) is 12.9. The van der Waals surface area contributed by atoms with E-state index in [0.717, 1.165) is 5.56 Å². The molecule has 2 aromatic carbocycles. The van der Waals surface area contributed by atoms with Gasteiger partial charge in [-0.1, -0.05) is 42.5 Å².